The van der Waals surface area contributed by atoms with Crippen LogP contribution in [0.5, 0.6) is 0 Å². The standard InChI is InChI=1S/C15H9F13O2/c1-2-30-9(29)7-3-5-8(6-4-7)10(16,17)11(18,19)12(20,21)13(22,23)14(24,25)15(26,27)28/h3-6H,2H2,1H3. The predicted molar refractivity (Wildman–Crippen MR) is 72.1 cm³/mol. The highest BCUT2D eigenvalue weighted by atomic mass is 19.4. The molecule has 0 bridgehead atoms. The molecule has 1 rings (SSSR count). The highest BCUT2D eigenvalue weighted by Crippen LogP contribution is 2.61. The summed E-state index contributed by atoms with van der Waals surface area (Å²) in [5.41, 5.74) is -2.74. The number of carbonyl (C=O) groups is 1. The SMILES string of the molecule is CCOC(=O)c1ccc(C(F)(F)C(F)(F)C(F)(F)C(F)(F)C(F)(F)C(F)(F)F)cc1. The van der Waals surface area contributed by atoms with Gasteiger partial charge in [-0.3, -0.25) is 0 Å². The third-order valence-electron chi connectivity index (χ3n) is 3.69. The van der Waals surface area contributed by atoms with Crippen molar-refractivity contribution in [3.8, 4) is 0 Å². The first-order valence-corrected chi connectivity index (χ1v) is 7.43. The number of carbonyl (C=O) groups excluding carboxylic acids is 1. The number of hydrogen-bond acceptors (Lipinski definition) is 2. The Morgan fingerprint density at radius 3 is 1.47 bits per heavy atom. The minimum Gasteiger partial charge on any atom is -0.462 e. The smallest absolute Gasteiger partial charge is 0.460 e. The summed E-state index contributed by atoms with van der Waals surface area (Å²) >= 11 is 0. The van der Waals surface area contributed by atoms with Crippen LogP contribution in [0.15, 0.2) is 24.3 Å². The second-order valence-electron chi connectivity index (χ2n) is 5.67. The fourth-order valence-electron chi connectivity index (χ4n) is 1.98. The van der Waals surface area contributed by atoms with Crippen LogP contribution in [0.25, 0.3) is 0 Å². The fourth-order valence-corrected chi connectivity index (χ4v) is 1.98. The quantitative estimate of drug-likeness (QED) is 0.360. The second-order valence-corrected chi connectivity index (χ2v) is 5.67. The largest absolute Gasteiger partial charge is 0.462 e. The van der Waals surface area contributed by atoms with Crippen LogP contribution in [0.1, 0.15) is 22.8 Å². The second kappa shape index (κ2) is 7.48. The van der Waals surface area contributed by atoms with Crippen LogP contribution in [0.2, 0.25) is 0 Å². The van der Waals surface area contributed by atoms with Crippen molar-refractivity contribution >= 4 is 5.97 Å². The molecule has 0 heterocycles. The zero-order valence-electron chi connectivity index (χ0n) is 14.2. The van der Waals surface area contributed by atoms with Gasteiger partial charge in [0.25, 0.3) is 0 Å². The van der Waals surface area contributed by atoms with Gasteiger partial charge in [0.1, 0.15) is 0 Å². The van der Waals surface area contributed by atoms with Crippen LogP contribution in [0, 0.1) is 0 Å². The van der Waals surface area contributed by atoms with Gasteiger partial charge >= 0.3 is 41.8 Å². The Bertz CT molecular complexity index is 766. The van der Waals surface area contributed by atoms with Crippen molar-refractivity contribution < 1.29 is 66.6 Å². The summed E-state index contributed by atoms with van der Waals surface area (Å²) < 4.78 is 174. The first-order valence-electron chi connectivity index (χ1n) is 7.43. The van der Waals surface area contributed by atoms with Gasteiger partial charge in [0.2, 0.25) is 0 Å². The molecule has 0 fully saturated rings. The predicted octanol–water partition coefficient (Wildman–Crippen LogP) is 6.06. The van der Waals surface area contributed by atoms with E-state index in [1.54, 1.807) is 0 Å². The summed E-state index contributed by atoms with van der Waals surface area (Å²) in [7, 11) is 0. The number of halogens is 13. The van der Waals surface area contributed by atoms with E-state index in [-0.39, 0.29) is 18.7 Å². The van der Waals surface area contributed by atoms with Crippen molar-refractivity contribution in [2.45, 2.75) is 42.7 Å². The van der Waals surface area contributed by atoms with E-state index in [9.17, 15) is 61.9 Å². The Balaban J connectivity index is 3.47. The molecule has 0 unspecified atom stereocenters. The zero-order valence-corrected chi connectivity index (χ0v) is 14.2. The van der Waals surface area contributed by atoms with Crippen molar-refractivity contribution in [1.82, 2.24) is 0 Å². The van der Waals surface area contributed by atoms with Gasteiger partial charge in [0.05, 0.1) is 12.2 Å². The van der Waals surface area contributed by atoms with Gasteiger partial charge in [-0.25, -0.2) is 4.79 Å². The summed E-state index contributed by atoms with van der Waals surface area (Å²) in [5, 5.41) is 0. The number of rotatable bonds is 7. The van der Waals surface area contributed by atoms with Gasteiger partial charge in [0, 0.05) is 5.56 Å². The molecule has 0 radical (unpaired) electrons. The zero-order chi connectivity index (χ0) is 24.0. The molecule has 0 atom stereocenters. The van der Waals surface area contributed by atoms with Crippen molar-refractivity contribution in [2.24, 2.45) is 0 Å². The average molecular weight is 468 g/mol. The van der Waals surface area contributed by atoms with Crippen LogP contribution in [-0.2, 0) is 10.7 Å². The summed E-state index contributed by atoms with van der Waals surface area (Å²) in [5.74, 6) is -38.6. The molecule has 0 amide bonds. The number of benzene rings is 1. The Hall–Kier alpha value is -2.22. The third kappa shape index (κ3) is 3.66. The highest BCUT2D eigenvalue weighted by molar-refractivity contribution is 5.89. The van der Waals surface area contributed by atoms with Crippen molar-refractivity contribution in [3.05, 3.63) is 35.4 Å². The van der Waals surface area contributed by atoms with E-state index in [2.05, 4.69) is 4.74 Å². The monoisotopic (exact) mass is 468 g/mol. The normalized spacial score (nSPS) is 14.6. The maximum atomic E-state index is 13.9. The van der Waals surface area contributed by atoms with Crippen LogP contribution in [0.4, 0.5) is 57.1 Å². The highest BCUT2D eigenvalue weighted by Gasteiger charge is 2.90. The Labute approximate surface area is 158 Å². The molecule has 0 aromatic heterocycles. The first kappa shape index (κ1) is 25.8. The number of ether oxygens (including phenoxy) is 1. The maximum absolute atomic E-state index is 13.9. The lowest BCUT2D eigenvalue weighted by molar-refractivity contribution is -0.441. The summed E-state index contributed by atoms with van der Waals surface area (Å²) in [6, 6.07) is 0.433. The topological polar surface area (TPSA) is 26.3 Å². The lowest BCUT2D eigenvalue weighted by Crippen LogP contribution is -2.69. The van der Waals surface area contributed by atoms with E-state index in [1.807, 2.05) is 0 Å². The van der Waals surface area contributed by atoms with Gasteiger partial charge in [-0.2, -0.15) is 57.1 Å². The maximum Gasteiger partial charge on any atom is 0.460 e. The van der Waals surface area contributed by atoms with E-state index in [1.165, 1.54) is 6.92 Å². The molecular formula is C15H9F13O2. The minimum absolute atomic E-state index is 0.115. The van der Waals surface area contributed by atoms with E-state index >= 15 is 0 Å². The summed E-state index contributed by atoms with van der Waals surface area (Å²) in [4.78, 5) is 11.3. The molecule has 1 aromatic carbocycles. The van der Waals surface area contributed by atoms with E-state index < -0.39 is 52.9 Å². The molecule has 30 heavy (non-hydrogen) atoms. The van der Waals surface area contributed by atoms with Gasteiger partial charge in [0.15, 0.2) is 0 Å². The Kier molecular flexibility index (Phi) is 6.44. The number of hydrogen-bond donors (Lipinski definition) is 0. The molecule has 15 heteroatoms. The molecule has 0 saturated heterocycles. The molecule has 172 valence electrons. The molecule has 0 N–H and O–H groups in total. The summed E-state index contributed by atoms with van der Waals surface area (Å²) in [6.07, 6.45) is -7.47. The molecule has 0 aliphatic heterocycles. The third-order valence-corrected chi connectivity index (χ3v) is 3.69. The van der Waals surface area contributed by atoms with Crippen LogP contribution in [0.3, 0.4) is 0 Å². The average Bonchev–Trinajstić information content (AvgIpc) is 2.60. The minimum atomic E-state index is -7.96. The van der Waals surface area contributed by atoms with Gasteiger partial charge < -0.3 is 4.74 Å². The Morgan fingerprint density at radius 1 is 0.700 bits per heavy atom. The van der Waals surface area contributed by atoms with Crippen LogP contribution in [-0.4, -0.2) is 42.4 Å². The molecule has 0 saturated carbocycles. The number of alkyl halides is 13. The van der Waals surface area contributed by atoms with Gasteiger partial charge in [-0.15, -0.1) is 0 Å². The van der Waals surface area contributed by atoms with E-state index in [0.29, 0.717) is 12.1 Å². The molecule has 0 aliphatic carbocycles. The molecule has 0 spiro atoms. The number of esters is 1. The molecule has 0 aliphatic rings. The van der Waals surface area contributed by atoms with Crippen LogP contribution >= 0.6 is 0 Å². The van der Waals surface area contributed by atoms with E-state index in [0.717, 1.165) is 0 Å². The molecular weight excluding hydrogens is 459 g/mol. The van der Waals surface area contributed by atoms with Crippen LogP contribution < -0.4 is 0 Å². The lowest BCUT2D eigenvalue weighted by Gasteiger charge is -2.39. The van der Waals surface area contributed by atoms with Gasteiger partial charge in [-0.05, 0) is 19.1 Å². The Morgan fingerprint density at radius 2 is 1.10 bits per heavy atom. The van der Waals surface area contributed by atoms with Gasteiger partial charge in [-0.1, -0.05) is 12.1 Å². The first-order chi connectivity index (χ1) is 13.2. The van der Waals surface area contributed by atoms with Crippen molar-refractivity contribution in [3.63, 3.8) is 0 Å². The van der Waals surface area contributed by atoms with E-state index in [4.69, 9.17) is 0 Å². The molecule has 1 aromatic rings. The van der Waals surface area contributed by atoms with Crippen molar-refractivity contribution in [1.29, 1.82) is 0 Å². The summed E-state index contributed by atoms with van der Waals surface area (Å²) in [6.45, 7) is 1.10. The van der Waals surface area contributed by atoms with Crippen molar-refractivity contribution in [2.75, 3.05) is 6.61 Å². The molecule has 2 nitrogen and oxygen atoms in total. The lowest BCUT2D eigenvalue weighted by atomic mass is 9.90. The fraction of sp³-hybridized carbons (Fsp3) is 0.533.